The summed E-state index contributed by atoms with van der Waals surface area (Å²) in [7, 11) is -2.35. The van der Waals surface area contributed by atoms with Crippen molar-refractivity contribution in [3.8, 4) is 5.75 Å². The Morgan fingerprint density at radius 3 is 2.60 bits per heavy atom. The van der Waals surface area contributed by atoms with Crippen LogP contribution in [0, 0.1) is 0 Å². The first-order valence-corrected chi connectivity index (χ1v) is 9.02. The van der Waals surface area contributed by atoms with E-state index in [1.54, 1.807) is 30.3 Å². The number of furan rings is 1. The first kappa shape index (κ1) is 18.8. The minimum absolute atomic E-state index is 0.0661. The van der Waals surface area contributed by atoms with Gasteiger partial charge in [0.1, 0.15) is 11.5 Å². The molecule has 7 nitrogen and oxygen atoms in total. The molecule has 0 saturated heterocycles. The number of ether oxygens (including phenoxy) is 1. The number of sulfonamides is 1. The highest BCUT2D eigenvalue weighted by molar-refractivity contribution is 7.89. The van der Waals surface area contributed by atoms with E-state index in [0.29, 0.717) is 18.1 Å². The minimum Gasteiger partial charge on any atom is -0.497 e. The molecule has 25 heavy (non-hydrogen) atoms. The van der Waals surface area contributed by atoms with Crippen LogP contribution in [-0.4, -0.2) is 28.0 Å². The maximum atomic E-state index is 12.6. The topological polar surface area (TPSA) is 97.6 Å². The van der Waals surface area contributed by atoms with Crippen molar-refractivity contribution >= 4 is 15.9 Å². The average Bonchev–Trinajstić information content (AvgIpc) is 3.14. The fourth-order valence-electron chi connectivity index (χ4n) is 2.14. The molecule has 0 bridgehead atoms. The molecule has 2 N–H and O–H groups in total. The number of methoxy groups -OCH3 is 1. The Morgan fingerprint density at radius 2 is 2.04 bits per heavy atom. The smallest absolute Gasteiger partial charge is 0.241 e. The molecular formula is C17H20N2O5S. The van der Waals surface area contributed by atoms with Crippen molar-refractivity contribution in [3.63, 3.8) is 0 Å². The van der Waals surface area contributed by atoms with Crippen LogP contribution in [0.15, 0.2) is 64.6 Å². The Kier molecular flexibility index (Phi) is 6.37. The molecular weight excluding hydrogens is 344 g/mol. The number of hydrogen-bond donors (Lipinski definition) is 2. The predicted molar refractivity (Wildman–Crippen MR) is 92.6 cm³/mol. The van der Waals surface area contributed by atoms with Crippen LogP contribution in [0.3, 0.4) is 0 Å². The summed E-state index contributed by atoms with van der Waals surface area (Å²) in [6.45, 7) is 3.82. The van der Waals surface area contributed by atoms with Gasteiger partial charge < -0.3 is 14.5 Å². The lowest BCUT2D eigenvalue weighted by Gasteiger charge is -2.16. The quantitative estimate of drug-likeness (QED) is 0.663. The Morgan fingerprint density at radius 1 is 1.32 bits per heavy atom. The van der Waals surface area contributed by atoms with E-state index in [1.807, 2.05) is 0 Å². The molecule has 1 aromatic carbocycles. The number of carbonyl (C=O) groups is 1. The molecule has 2 rings (SSSR count). The zero-order valence-electron chi connectivity index (χ0n) is 13.8. The van der Waals surface area contributed by atoms with E-state index >= 15 is 0 Å². The van der Waals surface area contributed by atoms with E-state index in [1.165, 1.54) is 25.5 Å². The van der Waals surface area contributed by atoms with Gasteiger partial charge in [0.05, 0.1) is 30.7 Å². The molecule has 0 spiro atoms. The standard InChI is InChI=1S/C17H20N2O5S/c1-3-10-18-17(20)12-15(16-5-4-11-24-16)19-25(21,22)14-8-6-13(23-2)7-9-14/h3-9,11,15,19H,1,10,12H2,2H3,(H,18,20). The highest BCUT2D eigenvalue weighted by Gasteiger charge is 2.25. The van der Waals surface area contributed by atoms with Crippen molar-refractivity contribution < 1.29 is 22.4 Å². The molecule has 0 radical (unpaired) electrons. The SMILES string of the molecule is C=CCNC(=O)CC(NS(=O)(=O)c1ccc(OC)cc1)c1ccco1. The van der Waals surface area contributed by atoms with Gasteiger partial charge in [0.2, 0.25) is 15.9 Å². The van der Waals surface area contributed by atoms with Crippen LogP contribution in [-0.2, 0) is 14.8 Å². The van der Waals surface area contributed by atoms with Gasteiger partial charge in [-0.3, -0.25) is 4.79 Å². The lowest BCUT2D eigenvalue weighted by molar-refractivity contribution is -0.121. The molecule has 0 saturated carbocycles. The van der Waals surface area contributed by atoms with Crippen molar-refractivity contribution in [3.05, 3.63) is 61.1 Å². The average molecular weight is 364 g/mol. The lowest BCUT2D eigenvalue weighted by Crippen LogP contribution is -2.33. The van der Waals surface area contributed by atoms with Crippen LogP contribution in [0.25, 0.3) is 0 Å². The fourth-order valence-corrected chi connectivity index (χ4v) is 3.35. The summed E-state index contributed by atoms with van der Waals surface area (Å²) in [5, 5.41) is 2.62. The van der Waals surface area contributed by atoms with Crippen LogP contribution in [0.2, 0.25) is 0 Å². The minimum atomic E-state index is -3.84. The van der Waals surface area contributed by atoms with Crippen LogP contribution < -0.4 is 14.8 Å². The van der Waals surface area contributed by atoms with E-state index in [9.17, 15) is 13.2 Å². The van der Waals surface area contributed by atoms with Gasteiger partial charge in [-0.05, 0) is 36.4 Å². The second-order valence-electron chi connectivity index (χ2n) is 5.16. The molecule has 0 aliphatic rings. The maximum Gasteiger partial charge on any atom is 0.241 e. The van der Waals surface area contributed by atoms with E-state index in [2.05, 4.69) is 16.6 Å². The van der Waals surface area contributed by atoms with Gasteiger partial charge in [-0.1, -0.05) is 6.08 Å². The van der Waals surface area contributed by atoms with Gasteiger partial charge in [-0.2, -0.15) is 4.72 Å². The molecule has 0 fully saturated rings. The fraction of sp³-hybridized carbons (Fsp3) is 0.235. The summed E-state index contributed by atoms with van der Waals surface area (Å²) in [6.07, 6.45) is 2.86. The zero-order chi connectivity index (χ0) is 18.3. The first-order chi connectivity index (χ1) is 12.0. The lowest BCUT2D eigenvalue weighted by atomic mass is 10.1. The third-order valence-corrected chi connectivity index (χ3v) is 4.87. The van der Waals surface area contributed by atoms with Crippen molar-refractivity contribution in [2.45, 2.75) is 17.4 Å². The Balaban J connectivity index is 2.19. The molecule has 1 unspecified atom stereocenters. The second-order valence-corrected chi connectivity index (χ2v) is 6.88. The van der Waals surface area contributed by atoms with Gasteiger partial charge in [-0.25, -0.2) is 8.42 Å². The van der Waals surface area contributed by atoms with Gasteiger partial charge >= 0.3 is 0 Å². The molecule has 8 heteroatoms. The first-order valence-electron chi connectivity index (χ1n) is 7.53. The van der Waals surface area contributed by atoms with Crippen LogP contribution in [0.5, 0.6) is 5.75 Å². The third-order valence-electron chi connectivity index (χ3n) is 3.39. The molecule has 1 amide bonds. The van der Waals surface area contributed by atoms with Crippen LogP contribution in [0.4, 0.5) is 0 Å². The summed E-state index contributed by atoms with van der Waals surface area (Å²) < 4.78 is 38.0. The van der Waals surface area contributed by atoms with E-state index in [4.69, 9.17) is 9.15 Å². The van der Waals surface area contributed by atoms with Crippen molar-refractivity contribution in [2.24, 2.45) is 0 Å². The monoisotopic (exact) mass is 364 g/mol. The normalized spacial score (nSPS) is 12.4. The highest BCUT2D eigenvalue weighted by atomic mass is 32.2. The van der Waals surface area contributed by atoms with Crippen LogP contribution >= 0.6 is 0 Å². The number of benzene rings is 1. The summed E-state index contributed by atoms with van der Waals surface area (Å²) in [4.78, 5) is 12.0. The molecule has 0 aliphatic carbocycles. The molecule has 0 aliphatic heterocycles. The summed E-state index contributed by atoms with van der Waals surface area (Å²) >= 11 is 0. The summed E-state index contributed by atoms with van der Waals surface area (Å²) in [5.74, 6) is 0.579. The van der Waals surface area contributed by atoms with Gasteiger partial charge in [0.15, 0.2) is 0 Å². The molecule has 2 aromatic rings. The Labute approximate surface area is 146 Å². The van der Waals surface area contributed by atoms with E-state index in [0.717, 1.165) is 0 Å². The zero-order valence-corrected chi connectivity index (χ0v) is 14.6. The number of carbonyl (C=O) groups excluding carboxylic acids is 1. The largest absolute Gasteiger partial charge is 0.497 e. The highest BCUT2D eigenvalue weighted by Crippen LogP contribution is 2.22. The molecule has 1 atom stereocenters. The van der Waals surface area contributed by atoms with Crippen molar-refractivity contribution in [1.82, 2.24) is 10.0 Å². The summed E-state index contributed by atoms with van der Waals surface area (Å²) in [5.41, 5.74) is 0. The van der Waals surface area contributed by atoms with Gasteiger partial charge in [0, 0.05) is 6.54 Å². The number of hydrogen-bond acceptors (Lipinski definition) is 5. The molecule has 1 heterocycles. The number of rotatable bonds is 9. The third kappa shape index (κ3) is 5.20. The van der Waals surface area contributed by atoms with Gasteiger partial charge in [-0.15, -0.1) is 6.58 Å². The molecule has 134 valence electrons. The van der Waals surface area contributed by atoms with Crippen LogP contribution in [0.1, 0.15) is 18.2 Å². The van der Waals surface area contributed by atoms with E-state index in [-0.39, 0.29) is 17.2 Å². The van der Waals surface area contributed by atoms with Crippen molar-refractivity contribution in [2.75, 3.05) is 13.7 Å². The van der Waals surface area contributed by atoms with Gasteiger partial charge in [0.25, 0.3) is 0 Å². The Bertz CT molecular complexity index is 798. The number of nitrogens with one attached hydrogen (secondary N) is 2. The number of amides is 1. The predicted octanol–water partition coefficient (Wildman–Crippen LogP) is 2.00. The van der Waals surface area contributed by atoms with Crippen molar-refractivity contribution in [1.29, 1.82) is 0 Å². The Hall–Kier alpha value is -2.58. The maximum absolute atomic E-state index is 12.6. The second kappa shape index (κ2) is 8.50. The van der Waals surface area contributed by atoms with E-state index < -0.39 is 16.1 Å². The summed E-state index contributed by atoms with van der Waals surface area (Å²) in [6, 6.07) is 8.37. The molecule has 1 aromatic heterocycles.